The van der Waals surface area contributed by atoms with Gasteiger partial charge in [-0.1, -0.05) is 6.07 Å². The lowest BCUT2D eigenvalue weighted by molar-refractivity contribution is -0.131. The number of carbonyl (C=O) groups is 1. The Morgan fingerprint density at radius 3 is 3.05 bits per heavy atom. The van der Waals surface area contributed by atoms with E-state index in [1.807, 2.05) is 36.4 Å². The first-order valence-corrected chi connectivity index (χ1v) is 6.30. The summed E-state index contributed by atoms with van der Waals surface area (Å²) >= 11 is 0. The predicted molar refractivity (Wildman–Crippen MR) is 75.1 cm³/mol. The number of likely N-dealkylation sites (N-methyl/N-ethyl adjacent to an activating group) is 1. The summed E-state index contributed by atoms with van der Waals surface area (Å²) in [7, 11) is 1.66. The molecule has 5 heteroatoms. The van der Waals surface area contributed by atoms with E-state index in [0.717, 1.165) is 10.9 Å². The van der Waals surface area contributed by atoms with Crippen LogP contribution in [0.1, 0.15) is 6.42 Å². The maximum atomic E-state index is 11.8. The van der Waals surface area contributed by atoms with E-state index in [1.54, 1.807) is 13.2 Å². The van der Waals surface area contributed by atoms with Gasteiger partial charge in [0.25, 0.3) is 5.91 Å². The summed E-state index contributed by atoms with van der Waals surface area (Å²) in [5.41, 5.74) is 0.829. The Morgan fingerprint density at radius 1 is 1.40 bits per heavy atom. The zero-order valence-electron chi connectivity index (χ0n) is 11.2. The highest BCUT2D eigenvalue weighted by atomic mass is 16.5. The number of pyridine rings is 1. The molecule has 0 aliphatic carbocycles. The summed E-state index contributed by atoms with van der Waals surface area (Å²) in [6, 6.07) is 11.3. The lowest BCUT2D eigenvalue weighted by Gasteiger charge is -2.16. The molecule has 0 saturated carbocycles. The van der Waals surface area contributed by atoms with Crippen LogP contribution in [-0.2, 0) is 4.79 Å². The van der Waals surface area contributed by atoms with Crippen LogP contribution in [0.3, 0.4) is 0 Å². The number of aromatic nitrogens is 1. The number of ether oxygens (including phenoxy) is 1. The molecule has 0 atom stereocenters. The molecule has 1 heterocycles. The molecule has 0 fully saturated rings. The van der Waals surface area contributed by atoms with E-state index in [4.69, 9.17) is 10.00 Å². The van der Waals surface area contributed by atoms with Gasteiger partial charge in [0.15, 0.2) is 6.61 Å². The molecule has 0 aliphatic heterocycles. The van der Waals surface area contributed by atoms with E-state index in [1.165, 1.54) is 4.90 Å². The van der Waals surface area contributed by atoms with Crippen LogP contribution in [-0.4, -0.2) is 36.0 Å². The number of hydrogen-bond donors (Lipinski definition) is 0. The number of hydrogen-bond acceptors (Lipinski definition) is 4. The first kappa shape index (κ1) is 13.8. The van der Waals surface area contributed by atoms with E-state index in [0.29, 0.717) is 18.7 Å². The van der Waals surface area contributed by atoms with Crippen molar-refractivity contribution in [3.8, 4) is 11.8 Å². The monoisotopic (exact) mass is 269 g/mol. The molecule has 0 unspecified atom stereocenters. The fourth-order valence-corrected chi connectivity index (χ4v) is 1.79. The Kier molecular flexibility index (Phi) is 4.51. The van der Waals surface area contributed by atoms with E-state index >= 15 is 0 Å². The zero-order chi connectivity index (χ0) is 14.4. The quantitative estimate of drug-likeness (QED) is 0.832. The first-order valence-electron chi connectivity index (χ1n) is 6.30. The van der Waals surface area contributed by atoms with Crippen LogP contribution in [0.15, 0.2) is 36.5 Å². The second-order valence-corrected chi connectivity index (χ2v) is 4.34. The van der Waals surface area contributed by atoms with Gasteiger partial charge in [-0.3, -0.25) is 9.78 Å². The van der Waals surface area contributed by atoms with Crippen LogP contribution in [0.4, 0.5) is 0 Å². The average Bonchev–Trinajstić information content (AvgIpc) is 2.50. The van der Waals surface area contributed by atoms with Crippen LogP contribution < -0.4 is 4.74 Å². The minimum Gasteiger partial charge on any atom is -0.483 e. The Labute approximate surface area is 117 Å². The maximum absolute atomic E-state index is 11.8. The first-order chi connectivity index (χ1) is 9.72. The smallest absolute Gasteiger partial charge is 0.260 e. The van der Waals surface area contributed by atoms with E-state index < -0.39 is 0 Å². The molecule has 1 amide bonds. The maximum Gasteiger partial charge on any atom is 0.260 e. The topological polar surface area (TPSA) is 66.2 Å². The normalized spacial score (nSPS) is 10.0. The standard InChI is InChI=1S/C15H15N3O2/c1-18(10-4-8-16)15(19)11-20-14-7-2-6-13-12(14)5-3-9-17-13/h2-3,5-7,9H,4,10-11H2,1H3. The molecular formula is C15H15N3O2. The van der Waals surface area contributed by atoms with Gasteiger partial charge in [0.2, 0.25) is 0 Å². The molecule has 1 aromatic carbocycles. The molecule has 0 aliphatic rings. The Bertz CT molecular complexity index is 644. The van der Waals surface area contributed by atoms with Gasteiger partial charge in [-0.25, -0.2) is 0 Å². The summed E-state index contributed by atoms with van der Waals surface area (Å²) in [5, 5.41) is 9.37. The van der Waals surface area contributed by atoms with Crippen molar-refractivity contribution in [3.05, 3.63) is 36.5 Å². The zero-order valence-corrected chi connectivity index (χ0v) is 11.2. The number of fused-ring (bicyclic) bond motifs is 1. The van der Waals surface area contributed by atoms with Crippen molar-refractivity contribution < 1.29 is 9.53 Å². The number of nitriles is 1. The molecule has 0 bridgehead atoms. The number of benzene rings is 1. The molecule has 0 spiro atoms. The van der Waals surface area contributed by atoms with Gasteiger partial charge in [-0.2, -0.15) is 5.26 Å². The van der Waals surface area contributed by atoms with Gasteiger partial charge in [0, 0.05) is 25.2 Å². The Balaban J connectivity index is 2.03. The van der Waals surface area contributed by atoms with Crippen LogP contribution in [0.25, 0.3) is 10.9 Å². The van der Waals surface area contributed by atoms with Gasteiger partial charge < -0.3 is 9.64 Å². The summed E-state index contributed by atoms with van der Waals surface area (Å²) in [6.07, 6.45) is 2.04. The molecule has 1 aromatic heterocycles. The average molecular weight is 269 g/mol. The van der Waals surface area contributed by atoms with E-state index in [2.05, 4.69) is 4.98 Å². The number of carbonyl (C=O) groups excluding carboxylic acids is 1. The molecule has 20 heavy (non-hydrogen) atoms. The minimum absolute atomic E-state index is 0.0457. The Morgan fingerprint density at radius 2 is 2.25 bits per heavy atom. The van der Waals surface area contributed by atoms with Gasteiger partial charge in [0.1, 0.15) is 5.75 Å². The van der Waals surface area contributed by atoms with Gasteiger partial charge >= 0.3 is 0 Å². The summed E-state index contributed by atoms with van der Waals surface area (Å²) in [6.45, 7) is 0.367. The van der Waals surface area contributed by atoms with E-state index in [-0.39, 0.29) is 12.5 Å². The number of rotatable bonds is 5. The molecule has 0 radical (unpaired) electrons. The third-order valence-corrected chi connectivity index (χ3v) is 2.94. The van der Waals surface area contributed by atoms with Crippen molar-refractivity contribution in [2.45, 2.75) is 6.42 Å². The van der Waals surface area contributed by atoms with Gasteiger partial charge in [-0.05, 0) is 24.3 Å². The number of nitrogens with zero attached hydrogens (tertiary/aromatic N) is 3. The fourth-order valence-electron chi connectivity index (χ4n) is 1.79. The van der Waals surface area contributed by atoms with Crippen molar-refractivity contribution in [2.75, 3.05) is 20.2 Å². The van der Waals surface area contributed by atoms with Crippen molar-refractivity contribution in [2.24, 2.45) is 0 Å². The lowest BCUT2D eigenvalue weighted by Crippen LogP contribution is -2.32. The minimum atomic E-state index is -0.152. The van der Waals surface area contributed by atoms with Crippen LogP contribution >= 0.6 is 0 Å². The molecule has 0 N–H and O–H groups in total. The van der Waals surface area contributed by atoms with Gasteiger partial charge in [0.05, 0.1) is 18.0 Å². The lowest BCUT2D eigenvalue weighted by atomic mass is 10.2. The van der Waals surface area contributed by atoms with Crippen LogP contribution in [0, 0.1) is 11.3 Å². The molecule has 2 aromatic rings. The molecule has 2 rings (SSSR count). The Hall–Kier alpha value is -2.61. The highest BCUT2D eigenvalue weighted by molar-refractivity contribution is 5.85. The number of amides is 1. The predicted octanol–water partition coefficient (Wildman–Crippen LogP) is 1.99. The SMILES string of the molecule is CN(CCC#N)C(=O)COc1cccc2ncccc12. The largest absolute Gasteiger partial charge is 0.483 e. The highest BCUT2D eigenvalue weighted by Crippen LogP contribution is 2.23. The van der Waals surface area contributed by atoms with E-state index in [9.17, 15) is 4.79 Å². The van der Waals surface area contributed by atoms with Crippen molar-refractivity contribution in [1.82, 2.24) is 9.88 Å². The summed E-state index contributed by atoms with van der Waals surface area (Å²) in [4.78, 5) is 17.6. The summed E-state index contributed by atoms with van der Waals surface area (Å²) in [5.74, 6) is 0.485. The molecule has 102 valence electrons. The second-order valence-electron chi connectivity index (χ2n) is 4.34. The third kappa shape index (κ3) is 3.23. The molecule has 5 nitrogen and oxygen atoms in total. The van der Waals surface area contributed by atoms with Crippen molar-refractivity contribution in [1.29, 1.82) is 5.26 Å². The summed E-state index contributed by atoms with van der Waals surface area (Å²) < 4.78 is 5.57. The molecule has 0 saturated heterocycles. The van der Waals surface area contributed by atoms with Crippen LogP contribution in [0.5, 0.6) is 5.75 Å². The third-order valence-electron chi connectivity index (χ3n) is 2.94. The van der Waals surface area contributed by atoms with Gasteiger partial charge in [-0.15, -0.1) is 0 Å². The molecular weight excluding hydrogens is 254 g/mol. The van der Waals surface area contributed by atoms with Crippen molar-refractivity contribution >= 4 is 16.8 Å². The second kappa shape index (κ2) is 6.53. The highest BCUT2D eigenvalue weighted by Gasteiger charge is 2.10. The fraction of sp³-hybridized carbons (Fsp3) is 0.267. The van der Waals surface area contributed by atoms with Crippen molar-refractivity contribution in [3.63, 3.8) is 0 Å². The van der Waals surface area contributed by atoms with Crippen LogP contribution in [0.2, 0.25) is 0 Å².